The van der Waals surface area contributed by atoms with Crippen LogP contribution in [0.4, 0.5) is 10.5 Å². The summed E-state index contributed by atoms with van der Waals surface area (Å²) in [7, 11) is 1.54. The number of methoxy groups -OCH3 is 1. The lowest BCUT2D eigenvalue weighted by molar-refractivity contribution is 0.247. The van der Waals surface area contributed by atoms with E-state index in [0.29, 0.717) is 29.6 Å². The van der Waals surface area contributed by atoms with Crippen LogP contribution in [0.25, 0.3) is 0 Å². The zero-order valence-corrected chi connectivity index (χ0v) is 15.6. The van der Waals surface area contributed by atoms with Crippen LogP contribution in [-0.2, 0) is 12.8 Å². The van der Waals surface area contributed by atoms with E-state index in [4.69, 9.17) is 21.1 Å². The Labute approximate surface area is 158 Å². The molecule has 2 aromatic carbocycles. The molecule has 0 aromatic heterocycles. The normalized spacial score (nSPS) is 12.8. The zero-order valence-electron chi connectivity index (χ0n) is 14.8. The van der Waals surface area contributed by atoms with Gasteiger partial charge in [0.25, 0.3) is 0 Å². The monoisotopic (exact) mass is 374 g/mol. The van der Waals surface area contributed by atoms with Gasteiger partial charge in [-0.25, -0.2) is 4.79 Å². The molecule has 0 unspecified atom stereocenters. The highest BCUT2D eigenvalue weighted by atomic mass is 35.5. The quantitative estimate of drug-likeness (QED) is 0.735. The van der Waals surface area contributed by atoms with Crippen LogP contribution in [0.5, 0.6) is 11.5 Å². The fraction of sp³-hybridized carbons (Fsp3) is 0.350. The Morgan fingerprint density at radius 2 is 2.00 bits per heavy atom. The Morgan fingerprint density at radius 3 is 2.85 bits per heavy atom. The van der Waals surface area contributed by atoms with Gasteiger partial charge in [0.1, 0.15) is 18.1 Å². The van der Waals surface area contributed by atoms with Crippen molar-refractivity contribution >= 4 is 23.3 Å². The lowest BCUT2D eigenvalue weighted by atomic mass is 9.91. The molecule has 0 bridgehead atoms. The molecule has 2 aromatic rings. The molecule has 3 rings (SSSR count). The van der Waals surface area contributed by atoms with Crippen LogP contribution in [0.15, 0.2) is 36.4 Å². The number of fused-ring (bicyclic) bond motifs is 1. The van der Waals surface area contributed by atoms with Crippen LogP contribution in [0.1, 0.15) is 24.0 Å². The molecule has 2 amide bonds. The molecule has 0 saturated carbocycles. The van der Waals surface area contributed by atoms with E-state index in [9.17, 15) is 4.79 Å². The zero-order chi connectivity index (χ0) is 18.4. The number of amides is 2. The summed E-state index contributed by atoms with van der Waals surface area (Å²) in [5.74, 6) is 1.48. The largest absolute Gasteiger partial charge is 0.495 e. The molecule has 0 saturated heterocycles. The number of hydrogen-bond donors (Lipinski definition) is 2. The molecule has 0 atom stereocenters. The van der Waals surface area contributed by atoms with Crippen molar-refractivity contribution in [3.05, 3.63) is 52.5 Å². The number of hydrogen-bond acceptors (Lipinski definition) is 3. The third kappa shape index (κ3) is 4.61. The molecule has 26 heavy (non-hydrogen) atoms. The Balaban J connectivity index is 1.48. The number of carbonyl (C=O) groups is 1. The number of ether oxygens (including phenoxy) is 2. The second kappa shape index (κ2) is 8.81. The molecular weight excluding hydrogens is 352 g/mol. The number of nitrogens with one attached hydrogen (secondary N) is 2. The van der Waals surface area contributed by atoms with E-state index >= 15 is 0 Å². The lowest BCUT2D eigenvalue weighted by Crippen LogP contribution is -2.32. The number of aryl methyl sites for hydroxylation is 1. The van der Waals surface area contributed by atoms with Crippen LogP contribution in [0, 0.1) is 0 Å². The van der Waals surface area contributed by atoms with E-state index in [1.54, 1.807) is 25.3 Å². The summed E-state index contributed by atoms with van der Waals surface area (Å²) in [6.45, 7) is 0.814. The third-order valence-electron chi connectivity index (χ3n) is 4.41. The van der Waals surface area contributed by atoms with E-state index in [-0.39, 0.29) is 6.03 Å². The van der Waals surface area contributed by atoms with Crippen molar-refractivity contribution < 1.29 is 14.3 Å². The summed E-state index contributed by atoms with van der Waals surface area (Å²) in [5.41, 5.74) is 3.22. The van der Waals surface area contributed by atoms with Crippen LogP contribution in [0.3, 0.4) is 0 Å². The molecule has 0 fully saturated rings. The van der Waals surface area contributed by atoms with Crippen LogP contribution in [-0.4, -0.2) is 26.3 Å². The first-order chi connectivity index (χ1) is 12.7. The topological polar surface area (TPSA) is 59.6 Å². The van der Waals surface area contributed by atoms with Gasteiger partial charge in [0.05, 0.1) is 19.3 Å². The van der Waals surface area contributed by atoms with Crippen molar-refractivity contribution in [1.82, 2.24) is 5.32 Å². The summed E-state index contributed by atoms with van der Waals surface area (Å²) < 4.78 is 11.1. The fourth-order valence-corrected chi connectivity index (χ4v) is 3.32. The van der Waals surface area contributed by atoms with Crippen molar-refractivity contribution in [1.29, 1.82) is 0 Å². The molecule has 2 N–H and O–H groups in total. The van der Waals surface area contributed by atoms with Crippen molar-refractivity contribution in [2.45, 2.75) is 25.7 Å². The fourth-order valence-electron chi connectivity index (χ4n) is 3.15. The van der Waals surface area contributed by atoms with Gasteiger partial charge in [-0.2, -0.15) is 0 Å². The van der Waals surface area contributed by atoms with E-state index in [1.807, 2.05) is 12.1 Å². The van der Waals surface area contributed by atoms with Gasteiger partial charge in [-0.3, -0.25) is 0 Å². The average Bonchev–Trinajstić information content (AvgIpc) is 2.65. The first kappa shape index (κ1) is 18.4. The minimum Gasteiger partial charge on any atom is -0.495 e. The van der Waals surface area contributed by atoms with E-state index in [2.05, 4.69) is 16.7 Å². The highest BCUT2D eigenvalue weighted by Crippen LogP contribution is 2.29. The van der Waals surface area contributed by atoms with Gasteiger partial charge in [0, 0.05) is 5.02 Å². The van der Waals surface area contributed by atoms with Crippen molar-refractivity contribution in [2.24, 2.45) is 0 Å². The molecule has 1 aliphatic carbocycles. The Kier molecular flexibility index (Phi) is 6.23. The van der Waals surface area contributed by atoms with Gasteiger partial charge in [-0.15, -0.1) is 0 Å². The highest BCUT2D eigenvalue weighted by molar-refractivity contribution is 6.31. The molecule has 138 valence electrons. The Morgan fingerprint density at radius 1 is 1.15 bits per heavy atom. The summed E-state index contributed by atoms with van der Waals surface area (Å²) in [6, 6.07) is 10.9. The smallest absolute Gasteiger partial charge is 0.319 e. The predicted molar refractivity (Wildman–Crippen MR) is 104 cm³/mol. The maximum Gasteiger partial charge on any atom is 0.319 e. The molecule has 0 aliphatic heterocycles. The maximum atomic E-state index is 12.1. The number of urea groups is 1. The second-order valence-electron chi connectivity index (χ2n) is 6.17. The lowest BCUT2D eigenvalue weighted by Gasteiger charge is -2.19. The molecule has 5 nitrogen and oxygen atoms in total. The molecule has 6 heteroatoms. The third-order valence-corrected chi connectivity index (χ3v) is 4.64. The van der Waals surface area contributed by atoms with Crippen molar-refractivity contribution in [3.8, 4) is 11.5 Å². The van der Waals surface area contributed by atoms with E-state index in [1.165, 1.54) is 24.0 Å². The number of rotatable bonds is 6. The van der Waals surface area contributed by atoms with Gasteiger partial charge < -0.3 is 20.1 Å². The minimum absolute atomic E-state index is 0.329. The van der Waals surface area contributed by atoms with Crippen molar-refractivity contribution in [2.75, 3.05) is 25.6 Å². The number of carbonyl (C=O) groups excluding carboxylic acids is 1. The van der Waals surface area contributed by atoms with Gasteiger partial charge in [-0.05, 0) is 61.1 Å². The van der Waals surface area contributed by atoms with Crippen LogP contribution in [0.2, 0.25) is 5.02 Å². The summed E-state index contributed by atoms with van der Waals surface area (Å²) in [5, 5.41) is 6.04. The molecule has 0 heterocycles. The maximum absolute atomic E-state index is 12.1. The van der Waals surface area contributed by atoms with E-state index < -0.39 is 0 Å². The second-order valence-corrected chi connectivity index (χ2v) is 6.61. The molecule has 0 radical (unpaired) electrons. The van der Waals surface area contributed by atoms with Crippen molar-refractivity contribution in [3.63, 3.8) is 0 Å². The molecule has 0 spiro atoms. The van der Waals surface area contributed by atoms with Gasteiger partial charge in [-0.1, -0.05) is 23.7 Å². The Hall–Kier alpha value is -2.40. The van der Waals surface area contributed by atoms with Crippen LogP contribution >= 0.6 is 11.6 Å². The highest BCUT2D eigenvalue weighted by Gasteiger charge is 2.13. The van der Waals surface area contributed by atoms with E-state index in [0.717, 1.165) is 18.6 Å². The summed E-state index contributed by atoms with van der Waals surface area (Å²) in [4.78, 5) is 12.1. The van der Waals surface area contributed by atoms with Gasteiger partial charge >= 0.3 is 6.03 Å². The SMILES string of the molecule is COc1ccc(Cl)cc1NC(=O)NCCOc1cccc2c1CCCC2. The van der Waals surface area contributed by atoms with Gasteiger partial charge in [0.2, 0.25) is 0 Å². The van der Waals surface area contributed by atoms with Crippen LogP contribution < -0.4 is 20.1 Å². The minimum atomic E-state index is -0.329. The first-order valence-corrected chi connectivity index (χ1v) is 9.17. The number of benzene rings is 2. The number of anilines is 1. The summed E-state index contributed by atoms with van der Waals surface area (Å²) >= 11 is 5.96. The standard InChI is InChI=1S/C20H23ClN2O3/c1-25-19-10-9-15(21)13-17(19)23-20(24)22-11-12-26-18-8-4-6-14-5-2-3-7-16(14)18/h4,6,8-10,13H,2-3,5,7,11-12H2,1H3,(H2,22,23,24). The van der Waals surface area contributed by atoms with Gasteiger partial charge in [0.15, 0.2) is 0 Å². The summed E-state index contributed by atoms with van der Waals surface area (Å²) in [6.07, 6.45) is 4.63. The molecular formula is C20H23ClN2O3. The molecule has 1 aliphatic rings. The Bertz CT molecular complexity index is 780. The number of halogens is 1. The predicted octanol–water partition coefficient (Wildman–Crippen LogP) is 4.43. The average molecular weight is 375 g/mol. The first-order valence-electron chi connectivity index (χ1n) is 8.79.